The summed E-state index contributed by atoms with van der Waals surface area (Å²) in [5.74, 6) is 0.586. The number of thiophene rings is 1. The van der Waals surface area contributed by atoms with E-state index in [2.05, 4.69) is 33.8 Å². The van der Waals surface area contributed by atoms with Gasteiger partial charge in [0.2, 0.25) is 11.0 Å². The molecule has 2 aromatic heterocycles. The number of nitriles is 1. The van der Waals surface area contributed by atoms with Gasteiger partial charge in [0.15, 0.2) is 4.34 Å². The van der Waals surface area contributed by atoms with Gasteiger partial charge < -0.3 is 10.6 Å². The summed E-state index contributed by atoms with van der Waals surface area (Å²) < 4.78 is 0.862. The van der Waals surface area contributed by atoms with Crippen molar-refractivity contribution in [3.63, 3.8) is 0 Å². The molecule has 138 valence electrons. The van der Waals surface area contributed by atoms with Crippen molar-refractivity contribution in [3.8, 4) is 6.07 Å². The molecule has 26 heavy (non-hydrogen) atoms. The average Bonchev–Trinajstić information content (AvgIpc) is 3.23. The van der Waals surface area contributed by atoms with Crippen molar-refractivity contribution in [2.45, 2.75) is 49.8 Å². The van der Waals surface area contributed by atoms with E-state index in [1.165, 1.54) is 34.4 Å². The minimum Gasteiger partial charge on any atom is -0.360 e. The minimum absolute atomic E-state index is 0.0542. The first kappa shape index (κ1) is 19.1. The number of thioether (sulfide) groups is 1. The Balaban J connectivity index is 1.50. The molecule has 2 N–H and O–H groups in total. The first-order valence-electron chi connectivity index (χ1n) is 8.76. The second-order valence-corrected chi connectivity index (χ2v) is 9.40. The van der Waals surface area contributed by atoms with Crippen molar-refractivity contribution >= 4 is 50.5 Å². The van der Waals surface area contributed by atoms with Crippen LogP contribution >= 0.6 is 34.4 Å². The third kappa shape index (κ3) is 4.75. The molecular formula is C17H21N5OS3. The maximum absolute atomic E-state index is 12.3. The molecular weight excluding hydrogens is 386 g/mol. The summed E-state index contributed by atoms with van der Waals surface area (Å²) in [7, 11) is 0. The molecule has 6 nitrogen and oxygen atoms in total. The fourth-order valence-electron chi connectivity index (χ4n) is 2.76. The Bertz CT molecular complexity index is 808. The number of rotatable bonds is 8. The number of aryl methyl sites for hydroxylation is 1. The molecule has 2 heterocycles. The van der Waals surface area contributed by atoms with Crippen molar-refractivity contribution in [2.24, 2.45) is 0 Å². The van der Waals surface area contributed by atoms with E-state index in [0.717, 1.165) is 52.3 Å². The molecule has 2 aromatic rings. The fraction of sp³-hybridized carbons (Fsp3) is 0.529. The molecule has 0 aliphatic heterocycles. The molecule has 0 aromatic carbocycles. The van der Waals surface area contributed by atoms with Crippen LogP contribution in [0.25, 0.3) is 0 Å². The number of amides is 1. The molecule has 3 rings (SSSR count). The maximum Gasteiger partial charge on any atom is 0.225 e. The van der Waals surface area contributed by atoms with Crippen LogP contribution in [0.4, 0.5) is 10.1 Å². The predicted octanol–water partition coefficient (Wildman–Crippen LogP) is 4.29. The lowest BCUT2D eigenvalue weighted by Gasteiger charge is -2.09. The van der Waals surface area contributed by atoms with Crippen molar-refractivity contribution in [2.75, 3.05) is 22.9 Å². The summed E-state index contributed by atoms with van der Waals surface area (Å²) in [6.07, 6.45) is 5.69. The number of nitrogens with zero attached hydrogens (tertiary/aromatic N) is 3. The van der Waals surface area contributed by atoms with Gasteiger partial charge in [-0.1, -0.05) is 30.0 Å². The highest BCUT2D eigenvalue weighted by Crippen LogP contribution is 2.37. The van der Waals surface area contributed by atoms with Crippen LogP contribution in [-0.2, 0) is 17.6 Å². The monoisotopic (exact) mass is 407 g/mol. The SMILES string of the molecule is CCCNc1nnc(SCCC(=O)Nc2sc3c(c2C#N)CCCC3)s1. The topological polar surface area (TPSA) is 90.7 Å². The van der Waals surface area contributed by atoms with E-state index in [0.29, 0.717) is 17.7 Å². The number of anilines is 2. The van der Waals surface area contributed by atoms with Crippen LogP contribution in [0.2, 0.25) is 0 Å². The predicted molar refractivity (Wildman–Crippen MR) is 108 cm³/mol. The van der Waals surface area contributed by atoms with E-state index in [4.69, 9.17) is 0 Å². The molecule has 0 radical (unpaired) electrons. The number of fused-ring (bicyclic) bond motifs is 1. The number of aromatic nitrogens is 2. The van der Waals surface area contributed by atoms with E-state index < -0.39 is 0 Å². The highest BCUT2D eigenvalue weighted by Gasteiger charge is 2.21. The molecule has 0 saturated heterocycles. The van der Waals surface area contributed by atoms with Crippen LogP contribution in [0.1, 0.15) is 48.6 Å². The third-order valence-corrected chi connectivity index (χ3v) is 7.25. The minimum atomic E-state index is -0.0542. The van der Waals surface area contributed by atoms with Gasteiger partial charge in [-0.25, -0.2) is 0 Å². The quantitative estimate of drug-likeness (QED) is 0.634. The summed E-state index contributed by atoms with van der Waals surface area (Å²) in [5, 5.41) is 25.3. The van der Waals surface area contributed by atoms with Crippen molar-refractivity contribution < 1.29 is 4.79 Å². The zero-order chi connectivity index (χ0) is 18.4. The van der Waals surface area contributed by atoms with Crippen LogP contribution in [0.5, 0.6) is 0 Å². The summed E-state index contributed by atoms with van der Waals surface area (Å²) >= 11 is 4.61. The van der Waals surface area contributed by atoms with E-state index in [-0.39, 0.29) is 5.91 Å². The lowest BCUT2D eigenvalue weighted by Crippen LogP contribution is -2.12. The van der Waals surface area contributed by atoms with Crippen LogP contribution in [-0.4, -0.2) is 28.4 Å². The second kappa shape index (κ2) is 9.35. The number of carbonyl (C=O) groups excluding carboxylic acids is 1. The molecule has 1 aliphatic carbocycles. The normalized spacial score (nSPS) is 13.1. The number of nitrogens with one attached hydrogen (secondary N) is 2. The molecule has 0 spiro atoms. The van der Waals surface area contributed by atoms with E-state index in [1.54, 1.807) is 11.3 Å². The first-order valence-corrected chi connectivity index (χ1v) is 11.4. The zero-order valence-corrected chi connectivity index (χ0v) is 17.1. The molecule has 0 bridgehead atoms. The van der Waals surface area contributed by atoms with Crippen LogP contribution in [0.15, 0.2) is 4.34 Å². The van der Waals surface area contributed by atoms with Gasteiger partial charge in [0.1, 0.15) is 11.1 Å². The summed E-state index contributed by atoms with van der Waals surface area (Å²) in [6, 6.07) is 2.28. The van der Waals surface area contributed by atoms with Gasteiger partial charge in [0.05, 0.1) is 5.56 Å². The Morgan fingerprint density at radius 3 is 2.96 bits per heavy atom. The van der Waals surface area contributed by atoms with Gasteiger partial charge in [-0.05, 0) is 37.7 Å². The number of hydrogen-bond donors (Lipinski definition) is 2. The van der Waals surface area contributed by atoms with Crippen LogP contribution in [0, 0.1) is 11.3 Å². The lowest BCUT2D eigenvalue weighted by molar-refractivity contribution is -0.115. The molecule has 1 aliphatic rings. The number of hydrogen-bond acceptors (Lipinski definition) is 8. The Morgan fingerprint density at radius 2 is 2.15 bits per heavy atom. The van der Waals surface area contributed by atoms with E-state index >= 15 is 0 Å². The molecule has 0 saturated carbocycles. The largest absolute Gasteiger partial charge is 0.360 e. The third-order valence-electron chi connectivity index (χ3n) is 4.02. The van der Waals surface area contributed by atoms with Crippen LogP contribution in [0.3, 0.4) is 0 Å². The first-order chi connectivity index (χ1) is 12.7. The summed E-state index contributed by atoms with van der Waals surface area (Å²) in [6.45, 7) is 2.98. The van der Waals surface area contributed by atoms with E-state index in [9.17, 15) is 10.1 Å². The highest BCUT2D eigenvalue weighted by atomic mass is 32.2. The van der Waals surface area contributed by atoms with Gasteiger partial charge in [-0.2, -0.15) is 5.26 Å². The van der Waals surface area contributed by atoms with Crippen molar-refractivity contribution in [1.82, 2.24) is 10.2 Å². The Labute approximate surface area is 165 Å². The molecule has 1 amide bonds. The van der Waals surface area contributed by atoms with Gasteiger partial charge in [-0.3, -0.25) is 4.79 Å². The van der Waals surface area contributed by atoms with Gasteiger partial charge in [-0.15, -0.1) is 21.5 Å². The average molecular weight is 408 g/mol. The molecule has 0 unspecified atom stereocenters. The lowest BCUT2D eigenvalue weighted by atomic mass is 9.96. The molecule has 0 atom stereocenters. The summed E-state index contributed by atoms with van der Waals surface area (Å²) in [4.78, 5) is 13.5. The number of carbonyl (C=O) groups is 1. The Morgan fingerprint density at radius 1 is 1.31 bits per heavy atom. The maximum atomic E-state index is 12.3. The Kier molecular flexibility index (Phi) is 6.88. The van der Waals surface area contributed by atoms with Crippen molar-refractivity contribution in [1.29, 1.82) is 5.26 Å². The molecule has 0 fully saturated rings. The zero-order valence-electron chi connectivity index (χ0n) is 14.6. The molecule has 9 heteroatoms. The van der Waals surface area contributed by atoms with Gasteiger partial charge in [0, 0.05) is 23.6 Å². The van der Waals surface area contributed by atoms with Gasteiger partial charge >= 0.3 is 0 Å². The second-order valence-electron chi connectivity index (χ2n) is 5.97. The van der Waals surface area contributed by atoms with Crippen molar-refractivity contribution in [3.05, 3.63) is 16.0 Å². The standard InChI is InChI=1S/C17H21N5OS3/c1-2-8-19-16-21-22-17(26-16)24-9-7-14(23)20-15-12(10-18)11-5-3-4-6-13(11)25-15/h2-9H2,1H3,(H,19,21)(H,20,23). The summed E-state index contributed by atoms with van der Waals surface area (Å²) in [5.41, 5.74) is 1.82. The van der Waals surface area contributed by atoms with E-state index in [1.807, 2.05) is 0 Å². The fourth-order valence-corrected chi connectivity index (χ4v) is 5.81. The van der Waals surface area contributed by atoms with Gasteiger partial charge in [0.25, 0.3) is 0 Å². The smallest absolute Gasteiger partial charge is 0.225 e. The highest BCUT2D eigenvalue weighted by molar-refractivity contribution is 8.01. The Hall–Kier alpha value is -1.63. The van der Waals surface area contributed by atoms with Crippen LogP contribution < -0.4 is 10.6 Å².